The summed E-state index contributed by atoms with van der Waals surface area (Å²) in [6.45, 7) is 12.2. The van der Waals surface area contributed by atoms with Crippen molar-refractivity contribution in [3.8, 4) is 5.82 Å². The van der Waals surface area contributed by atoms with Crippen LogP contribution in [-0.4, -0.2) is 92.2 Å². The van der Waals surface area contributed by atoms with E-state index in [0.717, 1.165) is 31.0 Å². The van der Waals surface area contributed by atoms with Crippen molar-refractivity contribution < 1.29 is 14.6 Å². The molecule has 0 unspecified atom stereocenters. The number of nitrogens with zero attached hydrogens (tertiary/aromatic N) is 7. The van der Waals surface area contributed by atoms with Gasteiger partial charge in [0.25, 0.3) is 5.56 Å². The second-order valence-electron chi connectivity index (χ2n) is 13.2. The van der Waals surface area contributed by atoms with Gasteiger partial charge in [-0.1, -0.05) is 25.0 Å². The van der Waals surface area contributed by atoms with Crippen molar-refractivity contribution in [2.24, 2.45) is 0 Å². The summed E-state index contributed by atoms with van der Waals surface area (Å²) in [6, 6.07) is 13.9. The summed E-state index contributed by atoms with van der Waals surface area (Å²) >= 11 is 0. The minimum Gasteiger partial charge on any atom is -0.384 e. The molecule has 13 nitrogen and oxygen atoms in total. The molecule has 3 N–H and O–H groups in total. The first-order chi connectivity index (χ1) is 23.7. The lowest BCUT2D eigenvalue weighted by molar-refractivity contribution is -0.132. The number of anilines is 3. The maximum absolute atomic E-state index is 13.3. The number of allylic oxidation sites excluding steroid dienone is 1. The van der Waals surface area contributed by atoms with Crippen molar-refractivity contribution in [1.29, 1.82) is 0 Å². The van der Waals surface area contributed by atoms with E-state index in [-0.39, 0.29) is 18.0 Å². The molecule has 4 aromatic rings. The zero-order valence-corrected chi connectivity index (χ0v) is 28.5. The molecule has 1 aromatic carbocycles. The van der Waals surface area contributed by atoms with Gasteiger partial charge in [-0.15, -0.1) is 6.58 Å². The molecule has 13 heteroatoms. The number of aliphatic hydroxyl groups is 1. The molecular formula is C36H47N9O4. The van der Waals surface area contributed by atoms with Gasteiger partial charge < -0.3 is 30.3 Å². The van der Waals surface area contributed by atoms with Crippen LogP contribution in [0.4, 0.5) is 17.3 Å². The summed E-state index contributed by atoms with van der Waals surface area (Å²) in [4.78, 5) is 44.0. The van der Waals surface area contributed by atoms with E-state index in [1.807, 2.05) is 29.2 Å². The van der Waals surface area contributed by atoms with Crippen molar-refractivity contribution in [3.05, 3.63) is 77.4 Å². The minimum absolute atomic E-state index is 0.144. The SMILES string of the molecule is C=CCn1c(=O)c2cnc(Nc3ccc(N4CCN(C(=O)CCOCCNC5CCCC5)CC4)cc3)nc2n1-c1cccc(C(C)(C)O)n1. The van der Waals surface area contributed by atoms with Crippen molar-refractivity contribution >= 4 is 34.3 Å². The molecule has 1 aliphatic carbocycles. The molecule has 1 amide bonds. The summed E-state index contributed by atoms with van der Waals surface area (Å²) in [6.07, 6.45) is 8.71. The molecule has 1 saturated carbocycles. The molecule has 0 bridgehead atoms. The second kappa shape index (κ2) is 15.3. The summed E-state index contributed by atoms with van der Waals surface area (Å²) in [5, 5.41) is 17.7. The number of pyridine rings is 1. The van der Waals surface area contributed by atoms with Crippen LogP contribution in [0.1, 0.15) is 51.6 Å². The second-order valence-corrected chi connectivity index (χ2v) is 13.2. The van der Waals surface area contributed by atoms with Crippen LogP contribution in [0.2, 0.25) is 0 Å². The zero-order valence-electron chi connectivity index (χ0n) is 28.5. The maximum atomic E-state index is 13.3. The van der Waals surface area contributed by atoms with Gasteiger partial charge in [0.2, 0.25) is 11.9 Å². The number of benzene rings is 1. The number of carbonyl (C=O) groups excluding carboxylic acids is 1. The third-order valence-corrected chi connectivity index (χ3v) is 9.17. The lowest BCUT2D eigenvalue weighted by atomic mass is 10.1. The Balaban J connectivity index is 1.05. The molecule has 2 fully saturated rings. The van der Waals surface area contributed by atoms with Gasteiger partial charge in [-0.05, 0) is 63.1 Å². The Hall–Kier alpha value is -4.59. The largest absolute Gasteiger partial charge is 0.384 e. The van der Waals surface area contributed by atoms with Gasteiger partial charge in [0, 0.05) is 56.3 Å². The standard InChI is InChI=1S/C36H47N9O4/c1-4-18-44-34(47)29-25-38-35(41-33(29)45(44)31-11-7-10-30(40-31)36(2,3)48)39-27-12-14-28(15-13-27)42-19-21-43(22-20-42)32(46)16-23-49-24-17-37-26-8-5-6-9-26/h4,7,10-15,25-26,37,48H,1,5-6,8-9,16-24H2,2-3H3,(H,38,39,41). The molecule has 2 aliphatic rings. The molecule has 0 radical (unpaired) electrons. The monoisotopic (exact) mass is 669 g/mol. The molecule has 0 atom stereocenters. The average Bonchev–Trinajstić information content (AvgIpc) is 3.72. The van der Waals surface area contributed by atoms with Gasteiger partial charge in [-0.25, -0.2) is 19.3 Å². The van der Waals surface area contributed by atoms with Crippen molar-refractivity contribution in [2.75, 3.05) is 56.2 Å². The fraction of sp³-hybridized carbons (Fsp3) is 0.472. The summed E-state index contributed by atoms with van der Waals surface area (Å²) in [5.74, 6) is 0.913. The highest BCUT2D eigenvalue weighted by Crippen LogP contribution is 2.24. The number of fused-ring (bicyclic) bond motifs is 1. The van der Waals surface area contributed by atoms with E-state index in [2.05, 4.69) is 32.1 Å². The zero-order chi connectivity index (χ0) is 34.4. The summed E-state index contributed by atoms with van der Waals surface area (Å²) < 4.78 is 8.85. The number of nitrogens with one attached hydrogen (secondary N) is 2. The number of hydrogen-bond acceptors (Lipinski definition) is 10. The van der Waals surface area contributed by atoms with E-state index in [9.17, 15) is 14.7 Å². The Morgan fingerprint density at radius 1 is 1.06 bits per heavy atom. The number of hydrogen-bond donors (Lipinski definition) is 3. The molecule has 1 aliphatic heterocycles. The topological polar surface area (TPSA) is 143 Å². The fourth-order valence-corrected chi connectivity index (χ4v) is 6.47. The van der Waals surface area contributed by atoms with E-state index in [0.29, 0.717) is 67.3 Å². The van der Waals surface area contributed by atoms with E-state index >= 15 is 0 Å². The fourth-order valence-electron chi connectivity index (χ4n) is 6.47. The number of ether oxygens (including phenoxy) is 1. The molecular weight excluding hydrogens is 622 g/mol. The molecule has 6 rings (SSSR count). The predicted octanol–water partition coefficient (Wildman–Crippen LogP) is 3.72. The van der Waals surface area contributed by atoms with Gasteiger partial charge in [0.15, 0.2) is 11.5 Å². The normalized spacial score (nSPS) is 15.7. The van der Waals surface area contributed by atoms with Crippen LogP contribution in [0.5, 0.6) is 0 Å². The predicted molar refractivity (Wildman–Crippen MR) is 191 cm³/mol. The van der Waals surface area contributed by atoms with Gasteiger partial charge in [0.1, 0.15) is 11.0 Å². The van der Waals surface area contributed by atoms with Crippen LogP contribution in [-0.2, 0) is 21.7 Å². The number of aromatic nitrogens is 5. The molecule has 0 spiro atoms. The summed E-state index contributed by atoms with van der Waals surface area (Å²) in [5.41, 5.74) is 1.28. The Bertz CT molecular complexity index is 1800. The first-order valence-corrected chi connectivity index (χ1v) is 17.2. The lowest BCUT2D eigenvalue weighted by Crippen LogP contribution is -2.49. The molecule has 49 heavy (non-hydrogen) atoms. The number of carbonyl (C=O) groups is 1. The third kappa shape index (κ3) is 8.18. The number of rotatable bonds is 14. The van der Waals surface area contributed by atoms with Gasteiger partial charge in [-0.2, -0.15) is 4.98 Å². The van der Waals surface area contributed by atoms with Crippen LogP contribution in [0.3, 0.4) is 0 Å². The van der Waals surface area contributed by atoms with Gasteiger partial charge in [-0.3, -0.25) is 9.59 Å². The highest BCUT2D eigenvalue weighted by atomic mass is 16.5. The Morgan fingerprint density at radius 2 is 1.82 bits per heavy atom. The van der Waals surface area contributed by atoms with E-state index in [1.54, 1.807) is 42.8 Å². The van der Waals surface area contributed by atoms with Crippen LogP contribution < -0.4 is 21.1 Å². The molecule has 260 valence electrons. The lowest BCUT2D eigenvalue weighted by Gasteiger charge is -2.36. The quantitative estimate of drug-likeness (QED) is 0.134. The molecule has 1 saturated heterocycles. The van der Waals surface area contributed by atoms with Crippen LogP contribution in [0, 0.1) is 0 Å². The first kappa shape index (κ1) is 34.3. The molecule has 4 heterocycles. The van der Waals surface area contributed by atoms with Gasteiger partial charge in [0.05, 0.1) is 31.9 Å². The highest BCUT2D eigenvalue weighted by molar-refractivity contribution is 5.77. The Labute approximate surface area is 286 Å². The van der Waals surface area contributed by atoms with Crippen molar-refractivity contribution in [2.45, 2.75) is 64.1 Å². The van der Waals surface area contributed by atoms with E-state index < -0.39 is 5.60 Å². The Morgan fingerprint density at radius 3 is 2.53 bits per heavy atom. The third-order valence-electron chi connectivity index (χ3n) is 9.17. The number of piperazine rings is 1. The van der Waals surface area contributed by atoms with E-state index in [1.165, 1.54) is 36.6 Å². The van der Waals surface area contributed by atoms with Crippen molar-refractivity contribution in [3.63, 3.8) is 0 Å². The van der Waals surface area contributed by atoms with Crippen LogP contribution >= 0.6 is 0 Å². The van der Waals surface area contributed by atoms with Crippen LogP contribution in [0.25, 0.3) is 16.9 Å². The smallest absolute Gasteiger partial charge is 0.278 e. The summed E-state index contributed by atoms with van der Waals surface area (Å²) in [7, 11) is 0. The Kier molecular flexibility index (Phi) is 10.7. The highest BCUT2D eigenvalue weighted by Gasteiger charge is 2.23. The van der Waals surface area contributed by atoms with Crippen molar-refractivity contribution in [1.82, 2.24) is 34.5 Å². The first-order valence-electron chi connectivity index (χ1n) is 17.2. The van der Waals surface area contributed by atoms with Crippen LogP contribution in [0.15, 0.2) is 66.1 Å². The minimum atomic E-state index is -1.16. The molecule has 3 aromatic heterocycles. The number of amides is 1. The average molecular weight is 670 g/mol. The maximum Gasteiger partial charge on any atom is 0.278 e. The van der Waals surface area contributed by atoms with Gasteiger partial charge >= 0.3 is 0 Å². The van der Waals surface area contributed by atoms with E-state index in [4.69, 9.17) is 9.72 Å².